The number of hydrogen-bond acceptors (Lipinski definition) is 6. The summed E-state index contributed by atoms with van der Waals surface area (Å²) in [5.74, 6) is -0.667. The van der Waals surface area contributed by atoms with Crippen LogP contribution in [0.5, 0.6) is 0 Å². The molecule has 33 heavy (non-hydrogen) atoms. The molecule has 1 aromatic rings. The van der Waals surface area contributed by atoms with Gasteiger partial charge >= 0.3 is 5.97 Å². The van der Waals surface area contributed by atoms with Gasteiger partial charge in [-0.25, -0.2) is 0 Å². The number of hydrogen-bond donors (Lipinski definition) is 3. The fraction of sp³-hybridized carbons (Fsp3) is 0.640. The van der Waals surface area contributed by atoms with Crippen LogP contribution in [0.3, 0.4) is 0 Å². The van der Waals surface area contributed by atoms with Gasteiger partial charge < -0.3 is 25.4 Å². The Morgan fingerprint density at radius 3 is 2.15 bits per heavy atom. The molecule has 0 bridgehead atoms. The molecule has 8 nitrogen and oxygen atoms in total. The summed E-state index contributed by atoms with van der Waals surface area (Å²) in [7, 11) is 1.91. The highest BCUT2D eigenvalue weighted by Gasteiger charge is 2.24. The molecule has 1 aromatic carbocycles. The summed E-state index contributed by atoms with van der Waals surface area (Å²) in [6.07, 6.45) is 1.21. The molecular formula is C25H41N3O5. The number of rotatable bonds is 13. The normalized spacial score (nSPS) is 11.8. The molecule has 0 atom stereocenters. The lowest BCUT2D eigenvalue weighted by atomic mass is 10.0. The molecule has 0 aliphatic heterocycles. The molecular weight excluding hydrogens is 422 g/mol. The standard InChI is InChI=1S/C25H41N3O5/c1-17-13-20(16-32-19(3)29)14-18(2)23(17)28-21(30)9-11-27-22(31)15-25(6,7)33-12-10-24(4,5)26-8/h13-14,26H,9-12,15-16H2,1-8H3,(H,27,31)(H,28,30). The molecule has 0 aliphatic rings. The number of esters is 1. The average Bonchev–Trinajstić information content (AvgIpc) is 2.68. The largest absolute Gasteiger partial charge is 0.461 e. The van der Waals surface area contributed by atoms with Crippen molar-refractivity contribution < 1.29 is 23.9 Å². The van der Waals surface area contributed by atoms with Crippen molar-refractivity contribution in [1.29, 1.82) is 0 Å². The number of ether oxygens (including phenoxy) is 2. The van der Waals surface area contributed by atoms with Crippen LogP contribution in [0.2, 0.25) is 0 Å². The Morgan fingerprint density at radius 2 is 1.61 bits per heavy atom. The lowest BCUT2D eigenvalue weighted by Crippen LogP contribution is -2.40. The second-order valence-corrected chi connectivity index (χ2v) is 9.70. The Kier molecular flexibility index (Phi) is 11.0. The van der Waals surface area contributed by atoms with Crippen LogP contribution in [-0.4, -0.2) is 49.1 Å². The molecule has 8 heteroatoms. The quantitative estimate of drug-likeness (QED) is 0.387. The van der Waals surface area contributed by atoms with Crippen molar-refractivity contribution in [2.75, 3.05) is 25.5 Å². The fourth-order valence-electron chi connectivity index (χ4n) is 3.24. The topological polar surface area (TPSA) is 106 Å². The molecule has 0 radical (unpaired) electrons. The van der Waals surface area contributed by atoms with E-state index in [1.54, 1.807) is 0 Å². The third kappa shape index (κ3) is 11.3. The van der Waals surface area contributed by atoms with E-state index in [9.17, 15) is 14.4 Å². The number of carbonyl (C=O) groups excluding carboxylic acids is 3. The van der Waals surface area contributed by atoms with Gasteiger partial charge in [0.15, 0.2) is 0 Å². The highest BCUT2D eigenvalue weighted by atomic mass is 16.5. The van der Waals surface area contributed by atoms with E-state index in [2.05, 4.69) is 29.8 Å². The lowest BCUT2D eigenvalue weighted by molar-refractivity contribution is -0.142. The summed E-state index contributed by atoms with van der Waals surface area (Å²) in [4.78, 5) is 35.7. The second kappa shape index (κ2) is 12.7. The molecule has 0 aromatic heterocycles. The number of nitrogens with one attached hydrogen (secondary N) is 3. The third-order valence-electron chi connectivity index (χ3n) is 5.46. The van der Waals surface area contributed by atoms with Gasteiger partial charge in [-0.05, 0) is 71.7 Å². The van der Waals surface area contributed by atoms with E-state index < -0.39 is 5.60 Å². The van der Waals surface area contributed by atoms with Crippen molar-refractivity contribution >= 4 is 23.5 Å². The first-order valence-corrected chi connectivity index (χ1v) is 11.4. The minimum atomic E-state index is -0.585. The predicted octanol–water partition coefficient (Wildman–Crippen LogP) is 3.38. The summed E-state index contributed by atoms with van der Waals surface area (Å²) in [6.45, 7) is 14.1. The van der Waals surface area contributed by atoms with E-state index in [0.29, 0.717) is 6.61 Å². The zero-order chi connectivity index (χ0) is 25.2. The second-order valence-electron chi connectivity index (χ2n) is 9.70. The van der Waals surface area contributed by atoms with E-state index in [0.717, 1.165) is 28.8 Å². The number of aryl methyl sites for hydroxylation is 2. The Morgan fingerprint density at radius 1 is 1.00 bits per heavy atom. The van der Waals surface area contributed by atoms with Crippen molar-refractivity contribution in [3.05, 3.63) is 28.8 Å². The molecule has 1 rings (SSSR count). The molecule has 2 amide bonds. The van der Waals surface area contributed by atoms with E-state index in [1.165, 1.54) is 6.92 Å². The van der Waals surface area contributed by atoms with Gasteiger partial charge in [-0.3, -0.25) is 14.4 Å². The van der Waals surface area contributed by atoms with Crippen LogP contribution >= 0.6 is 0 Å². The van der Waals surface area contributed by atoms with Gasteiger partial charge in [0.1, 0.15) is 6.61 Å². The molecule has 0 heterocycles. The molecule has 0 unspecified atom stereocenters. The first-order valence-electron chi connectivity index (χ1n) is 11.4. The SMILES string of the molecule is CNC(C)(C)CCOC(C)(C)CC(=O)NCCC(=O)Nc1c(C)cc(COC(C)=O)cc1C. The van der Waals surface area contributed by atoms with Gasteiger partial charge in [0, 0.05) is 37.7 Å². The van der Waals surface area contributed by atoms with E-state index >= 15 is 0 Å². The van der Waals surface area contributed by atoms with Crippen molar-refractivity contribution in [3.63, 3.8) is 0 Å². The number of carbonyl (C=O) groups is 3. The smallest absolute Gasteiger partial charge is 0.302 e. The zero-order valence-electron chi connectivity index (χ0n) is 21.4. The fourth-order valence-corrected chi connectivity index (χ4v) is 3.24. The number of anilines is 1. The van der Waals surface area contributed by atoms with Gasteiger partial charge in [-0.1, -0.05) is 12.1 Å². The van der Waals surface area contributed by atoms with Crippen LogP contribution in [0.4, 0.5) is 5.69 Å². The van der Waals surface area contributed by atoms with Crippen LogP contribution in [-0.2, 0) is 30.5 Å². The molecule has 0 saturated carbocycles. The number of benzene rings is 1. The summed E-state index contributed by atoms with van der Waals surface area (Å²) in [5, 5.41) is 8.94. The summed E-state index contributed by atoms with van der Waals surface area (Å²) in [5.41, 5.74) is 2.76. The van der Waals surface area contributed by atoms with Gasteiger partial charge in [-0.2, -0.15) is 0 Å². The van der Waals surface area contributed by atoms with E-state index in [1.807, 2.05) is 46.9 Å². The molecule has 0 spiro atoms. The average molecular weight is 464 g/mol. The third-order valence-corrected chi connectivity index (χ3v) is 5.46. The van der Waals surface area contributed by atoms with Gasteiger partial charge in [-0.15, -0.1) is 0 Å². The zero-order valence-corrected chi connectivity index (χ0v) is 21.4. The Bertz CT molecular complexity index is 810. The Hall–Kier alpha value is -2.45. The molecule has 0 saturated heterocycles. The predicted molar refractivity (Wildman–Crippen MR) is 130 cm³/mol. The Labute approximate surface area is 198 Å². The summed E-state index contributed by atoms with van der Waals surface area (Å²) >= 11 is 0. The summed E-state index contributed by atoms with van der Waals surface area (Å²) in [6, 6.07) is 3.76. The highest BCUT2D eigenvalue weighted by molar-refractivity contribution is 5.92. The molecule has 0 fully saturated rings. The van der Waals surface area contributed by atoms with Crippen molar-refractivity contribution in [2.45, 2.75) is 85.5 Å². The Balaban J connectivity index is 2.46. The number of amides is 2. The van der Waals surface area contributed by atoms with Crippen molar-refractivity contribution in [3.8, 4) is 0 Å². The molecule has 3 N–H and O–H groups in total. The summed E-state index contributed by atoms with van der Waals surface area (Å²) < 4.78 is 10.9. The minimum Gasteiger partial charge on any atom is -0.461 e. The van der Waals surface area contributed by atoms with E-state index in [4.69, 9.17) is 9.47 Å². The van der Waals surface area contributed by atoms with E-state index in [-0.39, 0.29) is 49.3 Å². The van der Waals surface area contributed by atoms with Crippen molar-refractivity contribution in [2.24, 2.45) is 0 Å². The van der Waals surface area contributed by atoms with Crippen LogP contribution in [0, 0.1) is 13.8 Å². The van der Waals surface area contributed by atoms with Crippen LogP contribution in [0.25, 0.3) is 0 Å². The molecule has 186 valence electrons. The first-order chi connectivity index (χ1) is 15.2. The van der Waals surface area contributed by atoms with Crippen LogP contribution < -0.4 is 16.0 Å². The van der Waals surface area contributed by atoms with Gasteiger partial charge in [0.25, 0.3) is 0 Å². The maximum Gasteiger partial charge on any atom is 0.302 e. The maximum absolute atomic E-state index is 12.4. The van der Waals surface area contributed by atoms with Crippen LogP contribution in [0.1, 0.15) is 70.6 Å². The van der Waals surface area contributed by atoms with Crippen LogP contribution in [0.15, 0.2) is 12.1 Å². The minimum absolute atomic E-state index is 0.0228. The molecule has 0 aliphatic carbocycles. The highest BCUT2D eigenvalue weighted by Crippen LogP contribution is 2.23. The lowest BCUT2D eigenvalue weighted by Gasteiger charge is -2.29. The maximum atomic E-state index is 12.4. The van der Waals surface area contributed by atoms with Crippen molar-refractivity contribution in [1.82, 2.24) is 10.6 Å². The first kappa shape index (κ1) is 28.6. The monoisotopic (exact) mass is 463 g/mol. The van der Waals surface area contributed by atoms with Gasteiger partial charge in [0.05, 0.1) is 12.0 Å². The van der Waals surface area contributed by atoms with Gasteiger partial charge in [0.2, 0.25) is 11.8 Å².